The number of benzene rings is 2. The highest BCUT2D eigenvalue weighted by atomic mass is 35.5. The molecule has 0 aliphatic heterocycles. The Balaban J connectivity index is 1.84. The molecule has 2 nitrogen and oxygen atoms in total. The van der Waals surface area contributed by atoms with Gasteiger partial charge in [-0.15, -0.1) is 0 Å². The lowest BCUT2D eigenvalue weighted by Crippen LogP contribution is -2.24. The van der Waals surface area contributed by atoms with Crippen LogP contribution in [0.15, 0.2) is 48.5 Å². The zero-order valence-electron chi connectivity index (χ0n) is 10.7. The van der Waals surface area contributed by atoms with Crippen LogP contribution < -0.4 is 10.2 Å². The summed E-state index contributed by atoms with van der Waals surface area (Å²) in [6, 6.07) is 14.1. The molecular weight excluding hydrogens is 263 g/mol. The van der Waals surface area contributed by atoms with Crippen molar-refractivity contribution in [1.29, 1.82) is 0 Å². The predicted molar refractivity (Wildman–Crippen MR) is 79.6 cm³/mol. The SMILES string of the molecule is CN(CCNc1cccc(Cl)c1)c1ccc(F)cc1. The van der Waals surface area contributed by atoms with Gasteiger partial charge in [0, 0.05) is 36.5 Å². The van der Waals surface area contributed by atoms with Gasteiger partial charge in [-0.05, 0) is 42.5 Å². The van der Waals surface area contributed by atoms with E-state index in [1.807, 2.05) is 31.3 Å². The average molecular weight is 279 g/mol. The van der Waals surface area contributed by atoms with E-state index in [0.29, 0.717) is 0 Å². The summed E-state index contributed by atoms with van der Waals surface area (Å²) in [6.07, 6.45) is 0. The van der Waals surface area contributed by atoms with E-state index in [2.05, 4.69) is 10.2 Å². The van der Waals surface area contributed by atoms with Crippen LogP contribution in [-0.4, -0.2) is 20.1 Å². The number of anilines is 2. The van der Waals surface area contributed by atoms with E-state index in [9.17, 15) is 4.39 Å². The summed E-state index contributed by atoms with van der Waals surface area (Å²) < 4.78 is 12.8. The second-order valence-corrected chi connectivity index (χ2v) is 4.77. The van der Waals surface area contributed by atoms with Gasteiger partial charge < -0.3 is 10.2 Å². The van der Waals surface area contributed by atoms with Crippen molar-refractivity contribution in [3.8, 4) is 0 Å². The largest absolute Gasteiger partial charge is 0.383 e. The molecule has 0 spiro atoms. The van der Waals surface area contributed by atoms with Gasteiger partial charge in [0.05, 0.1) is 0 Å². The van der Waals surface area contributed by atoms with E-state index in [4.69, 9.17) is 11.6 Å². The van der Waals surface area contributed by atoms with Crippen molar-refractivity contribution < 1.29 is 4.39 Å². The number of hydrogen-bond acceptors (Lipinski definition) is 2. The van der Waals surface area contributed by atoms with Crippen molar-refractivity contribution >= 4 is 23.0 Å². The quantitative estimate of drug-likeness (QED) is 0.888. The average Bonchev–Trinajstić information content (AvgIpc) is 2.39. The van der Waals surface area contributed by atoms with Gasteiger partial charge in [-0.25, -0.2) is 4.39 Å². The lowest BCUT2D eigenvalue weighted by Gasteiger charge is -2.19. The molecule has 0 aliphatic rings. The first-order valence-electron chi connectivity index (χ1n) is 6.11. The standard InChI is InChI=1S/C15H16ClFN2/c1-19(15-7-5-13(17)6-8-15)10-9-18-14-4-2-3-12(16)11-14/h2-8,11,18H,9-10H2,1H3. The molecule has 0 heterocycles. The maximum absolute atomic E-state index is 12.8. The molecular formula is C15H16ClFN2. The van der Waals surface area contributed by atoms with Gasteiger partial charge in [0.1, 0.15) is 5.82 Å². The molecule has 19 heavy (non-hydrogen) atoms. The van der Waals surface area contributed by atoms with Crippen LogP contribution in [0.1, 0.15) is 0 Å². The van der Waals surface area contributed by atoms with E-state index in [1.54, 1.807) is 12.1 Å². The van der Waals surface area contributed by atoms with Crippen molar-refractivity contribution in [3.63, 3.8) is 0 Å². The van der Waals surface area contributed by atoms with Gasteiger partial charge in [0.2, 0.25) is 0 Å². The Morgan fingerprint density at radius 2 is 1.89 bits per heavy atom. The molecule has 0 bridgehead atoms. The highest BCUT2D eigenvalue weighted by molar-refractivity contribution is 6.30. The zero-order valence-corrected chi connectivity index (χ0v) is 11.5. The minimum Gasteiger partial charge on any atom is -0.383 e. The topological polar surface area (TPSA) is 15.3 Å². The minimum absolute atomic E-state index is 0.214. The highest BCUT2D eigenvalue weighted by Gasteiger charge is 2.01. The molecule has 0 atom stereocenters. The molecule has 0 fully saturated rings. The van der Waals surface area contributed by atoms with Crippen LogP contribution in [0.2, 0.25) is 5.02 Å². The van der Waals surface area contributed by atoms with Crippen LogP contribution in [0.4, 0.5) is 15.8 Å². The summed E-state index contributed by atoms with van der Waals surface area (Å²) >= 11 is 5.91. The summed E-state index contributed by atoms with van der Waals surface area (Å²) in [5.74, 6) is -0.214. The first-order chi connectivity index (χ1) is 9.15. The van der Waals surface area contributed by atoms with Crippen LogP contribution in [0, 0.1) is 5.82 Å². The van der Waals surface area contributed by atoms with Crippen LogP contribution in [0.5, 0.6) is 0 Å². The molecule has 4 heteroatoms. The molecule has 2 rings (SSSR count). The molecule has 2 aromatic carbocycles. The number of nitrogens with one attached hydrogen (secondary N) is 1. The molecule has 0 radical (unpaired) electrons. The van der Waals surface area contributed by atoms with E-state index < -0.39 is 0 Å². The Bertz CT molecular complexity index is 528. The van der Waals surface area contributed by atoms with Gasteiger partial charge in [-0.2, -0.15) is 0 Å². The fourth-order valence-electron chi connectivity index (χ4n) is 1.79. The Morgan fingerprint density at radius 3 is 2.58 bits per heavy atom. The van der Waals surface area contributed by atoms with Crippen LogP contribution >= 0.6 is 11.6 Å². The molecule has 0 amide bonds. The van der Waals surface area contributed by atoms with Gasteiger partial charge in [0.25, 0.3) is 0 Å². The summed E-state index contributed by atoms with van der Waals surface area (Å²) in [6.45, 7) is 1.60. The molecule has 0 saturated carbocycles. The van der Waals surface area contributed by atoms with Gasteiger partial charge in [-0.1, -0.05) is 17.7 Å². The smallest absolute Gasteiger partial charge is 0.123 e. The lowest BCUT2D eigenvalue weighted by molar-refractivity contribution is 0.627. The van der Waals surface area contributed by atoms with Crippen molar-refractivity contribution in [2.45, 2.75) is 0 Å². The Morgan fingerprint density at radius 1 is 1.16 bits per heavy atom. The molecule has 1 N–H and O–H groups in total. The minimum atomic E-state index is -0.214. The third-order valence-corrected chi connectivity index (χ3v) is 3.10. The fourth-order valence-corrected chi connectivity index (χ4v) is 1.98. The zero-order chi connectivity index (χ0) is 13.7. The van der Waals surface area contributed by atoms with Crippen LogP contribution in [0.25, 0.3) is 0 Å². The van der Waals surface area contributed by atoms with Crippen molar-refractivity contribution in [2.24, 2.45) is 0 Å². The molecule has 2 aromatic rings. The van der Waals surface area contributed by atoms with Crippen molar-refractivity contribution in [2.75, 3.05) is 30.4 Å². The van der Waals surface area contributed by atoms with Crippen molar-refractivity contribution in [3.05, 3.63) is 59.4 Å². The van der Waals surface area contributed by atoms with Crippen molar-refractivity contribution in [1.82, 2.24) is 0 Å². The van der Waals surface area contributed by atoms with Crippen LogP contribution in [-0.2, 0) is 0 Å². The molecule has 0 aromatic heterocycles. The Hall–Kier alpha value is -1.74. The number of hydrogen-bond donors (Lipinski definition) is 1. The summed E-state index contributed by atoms with van der Waals surface area (Å²) in [5, 5.41) is 4.02. The third-order valence-electron chi connectivity index (χ3n) is 2.87. The maximum Gasteiger partial charge on any atom is 0.123 e. The maximum atomic E-state index is 12.8. The second kappa shape index (κ2) is 6.43. The van der Waals surface area contributed by atoms with Gasteiger partial charge in [0.15, 0.2) is 0 Å². The van der Waals surface area contributed by atoms with E-state index in [-0.39, 0.29) is 5.82 Å². The Kier molecular flexibility index (Phi) is 4.63. The number of rotatable bonds is 5. The normalized spacial score (nSPS) is 10.3. The lowest BCUT2D eigenvalue weighted by atomic mass is 10.3. The monoisotopic (exact) mass is 278 g/mol. The number of likely N-dealkylation sites (N-methyl/N-ethyl adjacent to an activating group) is 1. The van der Waals surface area contributed by atoms with E-state index in [0.717, 1.165) is 29.5 Å². The van der Waals surface area contributed by atoms with Gasteiger partial charge in [-0.3, -0.25) is 0 Å². The predicted octanol–water partition coefficient (Wildman–Crippen LogP) is 4.03. The fraction of sp³-hybridized carbons (Fsp3) is 0.200. The number of halogens is 2. The first-order valence-corrected chi connectivity index (χ1v) is 6.49. The third kappa shape index (κ3) is 4.14. The molecule has 100 valence electrons. The van der Waals surface area contributed by atoms with Gasteiger partial charge >= 0.3 is 0 Å². The highest BCUT2D eigenvalue weighted by Crippen LogP contribution is 2.15. The molecule has 0 saturated heterocycles. The number of nitrogens with zero attached hydrogens (tertiary/aromatic N) is 1. The van der Waals surface area contributed by atoms with E-state index >= 15 is 0 Å². The Labute approximate surface area is 117 Å². The molecule has 0 unspecified atom stereocenters. The first kappa shape index (κ1) is 13.7. The second-order valence-electron chi connectivity index (χ2n) is 4.34. The molecule has 0 aliphatic carbocycles. The summed E-state index contributed by atoms with van der Waals surface area (Å²) in [4.78, 5) is 2.07. The summed E-state index contributed by atoms with van der Waals surface area (Å²) in [5.41, 5.74) is 1.99. The van der Waals surface area contributed by atoms with E-state index in [1.165, 1.54) is 12.1 Å². The summed E-state index contributed by atoms with van der Waals surface area (Å²) in [7, 11) is 1.98. The van der Waals surface area contributed by atoms with Crippen LogP contribution in [0.3, 0.4) is 0 Å².